The Morgan fingerprint density at radius 1 is 1.10 bits per heavy atom. The number of alkyl halides is 3. The van der Waals surface area contributed by atoms with Crippen molar-refractivity contribution in [1.82, 2.24) is 4.98 Å². The second-order valence-electron chi connectivity index (χ2n) is 7.02. The standard InChI is InChI=1S/C22H18F4N2O2/c1-29-18-9-2-5-14(19(18)23)12-21(13-28-20-17(21)8-4-10-27-20)15-6-3-7-16(11-15)30-22(24,25)26/h2-11H,12-13H2,1H3,(H,27,28). The van der Waals surface area contributed by atoms with E-state index in [0.29, 0.717) is 23.5 Å². The maximum absolute atomic E-state index is 15.0. The van der Waals surface area contributed by atoms with E-state index < -0.39 is 17.6 Å². The molecule has 4 rings (SSSR count). The lowest BCUT2D eigenvalue weighted by Gasteiger charge is -2.31. The maximum atomic E-state index is 15.0. The number of rotatable bonds is 5. The molecule has 156 valence electrons. The summed E-state index contributed by atoms with van der Waals surface area (Å²) in [6.45, 7) is 0.339. The highest BCUT2D eigenvalue weighted by atomic mass is 19.4. The summed E-state index contributed by atoms with van der Waals surface area (Å²) in [6.07, 6.45) is -2.99. The molecule has 1 N–H and O–H groups in total. The van der Waals surface area contributed by atoms with Crippen LogP contribution in [0.2, 0.25) is 0 Å². The van der Waals surface area contributed by atoms with Crippen LogP contribution in [0.1, 0.15) is 16.7 Å². The van der Waals surface area contributed by atoms with Crippen molar-refractivity contribution in [2.75, 3.05) is 19.0 Å². The first-order valence-corrected chi connectivity index (χ1v) is 9.19. The fourth-order valence-corrected chi connectivity index (χ4v) is 3.95. The Labute approximate surface area is 170 Å². The van der Waals surface area contributed by atoms with Gasteiger partial charge in [-0.2, -0.15) is 0 Å². The van der Waals surface area contributed by atoms with Gasteiger partial charge in [0.25, 0.3) is 0 Å². The summed E-state index contributed by atoms with van der Waals surface area (Å²) >= 11 is 0. The number of hydrogen-bond donors (Lipinski definition) is 1. The summed E-state index contributed by atoms with van der Waals surface area (Å²) in [7, 11) is 1.38. The fraction of sp³-hybridized carbons (Fsp3) is 0.227. The fourth-order valence-electron chi connectivity index (χ4n) is 3.95. The number of aromatic nitrogens is 1. The lowest BCUT2D eigenvalue weighted by molar-refractivity contribution is -0.274. The number of methoxy groups -OCH3 is 1. The number of benzene rings is 2. The SMILES string of the molecule is COc1cccc(CC2(c3cccc(OC(F)(F)F)c3)CNc3ncccc32)c1F. The monoisotopic (exact) mass is 418 g/mol. The molecule has 0 aliphatic carbocycles. The van der Waals surface area contributed by atoms with Crippen molar-refractivity contribution in [2.24, 2.45) is 0 Å². The minimum atomic E-state index is -4.81. The third-order valence-electron chi connectivity index (χ3n) is 5.26. The minimum Gasteiger partial charge on any atom is -0.494 e. The van der Waals surface area contributed by atoms with Crippen molar-refractivity contribution < 1.29 is 27.0 Å². The van der Waals surface area contributed by atoms with Crippen molar-refractivity contribution in [2.45, 2.75) is 18.2 Å². The Kier molecular flexibility index (Phi) is 5.01. The van der Waals surface area contributed by atoms with Crippen LogP contribution in [0, 0.1) is 5.82 Å². The number of hydrogen-bond acceptors (Lipinski definition) is 4. The largest absolute Gasteiger partial charge is 0.573 e. The summed E-state index contributed by atoms with van der Waals surface area (Å²) in [4.78, 5) is 4.32. The third-order valence-corrected chi connectivity index (χ3v) is 5.26. The normalized spacial score (nSPS) is 17.9. The van der Waals surface area contributed by atoms with Crippen LogP contribution in [0.5, 0.6) is 11.5 Å². The molecule has 1 atom stereocenters. The van der Waals surface area contributed by atoms with E-state index >= 15 is 0 Å². The summed E-state index contributed by atoms with van der Waals surface area (Å²) in [5, 5.41) is 3.20. The molecule has 0 spiro atoms. The minimum absolute atomic E-state index is 0.106. The van der Waals surface area contributed by atoms with Gasteiger partial charge in [0.2, 0.25) is 0 Å². The zero-order valence-electron chi connectivity index (χ0n) is 16.0. The van der Waals surface area contributed by atoms with Crippen LogP contribution >= 0.6 is 0 Å². The van der Waals surface area contributed by atoms with Gasteiger partial charge in [-0.25, -0.2) is 9.37 Å². The first-order chi connectivity index (χ1) is 14.3. The lowest BCUT2D eigenvalue weighted by Crippen LogP contribution is -2.33. The highest BCUT2D eigenvalue weighted by Gasteiger charge is 2.42. The predicted octanol–water partition coefficient (Wildman–Crippen LogP) is 5.08. The summed E-state index contributed by atoms with van der Waals surface area (Å²) < 4.78 is 62.4. The molecule has 1 unspecified atom stereocenters. The zero-order chi connectivity index (χ0) is 21.4. The Balaban J connectivity index is 1.85. The molecule has 0 amide bonds. The van der Waals surface area contributed by atoms with Gasteiger partial charge in [-0.15, -0.1) is 13.2 Å². The van der Waals surface area contributed by atoms with Gasteiger partial charge in [0.15, 0.2) is 11.6 Å². The van der Waals surface area contributed by atoms with Crippen molar-refractivity contribution in [1.29, 1.82) is 0 Å². The molecule has 0 saturated heterocycles. The smallest absolute Gasteiger partial charge is 0.494 e. The molecular formula is C22H18F4N2O2. The number of ether oxygens (including phenoxy) is 2. The van der Waals surface area contributed by atoms with Crippen LogP contribution in [-0.2, 0) is 11.8 Å². The quantitative estimate of drug-likeness (QED) is 0.587. The zero-order valence-corrected chi connectivity index (χ0v) is 16.0. The number of halogens is 4. The van der Waals surface area contributed by atoms with Crippen LogP contribution in [-0.4, -0.2) is 25.0 Å². The van der Waals surface area contributed by atoms with Gasteiger partial charge in [0, 0.05) is 23.7 Å². The molecule has 0 radical (unpaired) electrons. The van der Waals surface area contributed by atoms with Gasteiger partial charge >= 0.3 is 6.36 Å². The Bertz CT molecular complexity index is 1070. The van der Waals surface area contributed by atoms with Gasteiger partial charge < -0.3 is 14.8 Å². The molecule has 0 saturated carbocycles. The van der Waals surface area contributed by atoms with E-state index in [9.17, 15) is 17.6 Å². The van der Waals surface area contributed by atoms with E-state index in [-0.39, 0.29) is 17.9 Å². The predicted molar refractivity (Wildman–Crippen MR) is 103 cm³/mol. The summed E-state index contributed by atoms with van der Waals surface area (Å²) in [5.41, 5.74) is 0.874. The summed E-state index contributed by atoms with van der Waals surface area (Å²) in [6, 6.07) is 14.2. The molecule has 4 nitrogen and oxygen atoms in total. The Hall–Kier alpha value is -3.29. The molecule has 2 heterocycles. The topological polar surface area (TPSA) is 43.4 Å². The average molecular weight is 418 g/mol. The van der Waals surface area contributed by atoms with Crippen LogP contribution < -0.4 is 14.8 Å². The molecule has 2 aromatic carbocycles. The highest BCUT2D eigenvalue weighted by Crippen LogP contribution is 2.45. The van der Waals surface area contributed by atoms with Crippen LogP contribution in [0.25, 0.3) is 0 Å². The van der Waals surface area contributed by atoms with Crippen molar-refractivity contribution in [3.05, 3.63) is 83.3 Å². The molecule has 1 aliphatic rings. The first-order valence-electron chi connectivity index (χ1n) is 9.19. The molecule has 1 aromatic heterocycles. The molecule has 8 heteroatoms. The van der Waals surface area contributed by atoms with E-state index in [1.165, 1.54) is 31.4 Å². The maximum Gasteiger partial charge on any atom is 0.573 e. The Morgan fingerprint density at radius 3 is 2.67 bits per heavy atom. The second kappa shape index (κ2) is 7.51. The van der Waals surface area contributed by atoms with Crippen LogP contribution in [0.15, 0.2) is 60.8 Å². The van der Waals surface area contributed by atoms with Gasteiger partial charge in [0.05, 0.1) is 7.11 Å². The van der Waals surface area contributed by atoms with Crippen molar-refractivity contribution >= 4 is 5.82 Å². The van der Waals surface area contributed by atoms with Gasteiger partial charge in [-0.05, 0) is 41.8 Å². The van der Waals surface area contributed by atoms with Crippen molar-refractivity contribution in [3.63, 3.8) is 0 Å². The van der Waals surface area contributed by atoms with Crippen molar-refractivity contribution in [3.8, 4) is 11.5 Å². The molecular weight excluding hydrogens is 400 g/mol. The Morgan fingerprint density at radius 2 is 1.90 bits per heavy atom. The molecule has 1 aliphatic heterocycles. The van der Waals surface area contributed by atoms with Gasteiger partial charge in [-0.1, -0.05) is 30.3 Å². The van der Waals surface area contributed by atoms with E-state index in [0.717, 1.165) is 5.56 Å². The average Bonchev–Trinajstić information content (AvgIpc) is 3.08. The number of pyridine rings is 1. The molecule has 0 fully saturated rings. The number of anilines is 1. The molecule has 30 heavy (non-hydrogen) atoms. The van der Waals surface area contributed by atoms with Crippen LogP contribution in [0.4, 0.5) is 23.4 Å². The van der Waals surface area contributed by atoms with E-state index in [1.54, 1.807) is 30.5 Å². The second-order valence-corrected chi connectivity index (χ2v) is 7.02. The lowest BCUT2D eigenvalue weighted by atomic mass is 9.72. The molecule has 0 bridgehead atoms. The number of nitrogens with zero attached hydrogens (tertiary/aromatic N) is 1. The molecule has 3 aromatic rings. The highest BCUT2D eigenvalue weighted by molar-refractivity contribution is 5.61. The van der Waals surface area contributed by atoms with E-state index in [4.69, 9.17) is 4.74 Å². The van der Waals surface area contributed by atoms with E-state index in [2.05, 4.69) is 15.0 Å². The van der Waals surface area contributed by atoms with Gasteiger partial charge in [-0.3, -0.25) is 0 Å². The summed E-state index contributed by atoms with van der Waals surface area (Å²) in [5.74, 6) is -0.112. The third kappa shape index (κ3) is 3.65. The van der Waals surface area contributed by atoms with E-state index in [1.807, 2.05) is 6.07 Å². The number of fused-ring (bicyclic) bond motifs is 1. The van der Waals surface area contributed by atoms with Gasteiger partial charge in [0.1, 0.15) is 11.6 Å². The first kappa shape index (κ1) is 20.0. The van der Waals surface area contributed by atoms with Crippen LogP contribution in [0.3, 0.4) is 0 Å². The number of nitrogens with one attached hydrogen (secondary N) is 1.